The average Bonchev–Trinajstić information content (AvgIpc) is 3.27. The van der Waals surface area contributed by atoms with Gasteiger partial charge in [-0.15, -0.1) is 11.3 Å². The topological polar surface area (TPSA) is 84.0 Å². The second-order valence-corrected chi connectivity index (χ2v) is 8.21. The second kappa shape index (κ2) is 7.67. The fourth-order valence-corrected chi connectivity index (χ4v) is 4.44. The maximum atomic E-state index is 12.5. The van der Waals surface area contributed by atoms with Gasteiger partial charge in [0.25, 0.3) is 5.91 Å². The highest BCUT2D eigenvalue weighted by molar-refractivity contribution is 7.22. The fraction of sp³-hybridized carbons (Fsp3) is 0.0526. The van der Waals surface area contributed by atoms with Crippen LogP contribution in [0.5, 0.6) is 0 Å². The molecule has 0 radical (unpaired) electrons. The summed E-state index contributed by atoms with van der Waals surface area (Å²) < 4.78 is 0.861. The van der Waals surface area contributed by atoms with Gasteiger partial charge in [0, 0.05) is 28.6 Å². The Morgan fingerprint density at radius 1 is 1.07 bits per heavy atom. The molecule has 2 aromatic carbocycles. The van der Waals surface area contributed by atoms with Gasteiger partial charge in [-0.2, -0.15) is 0 Å². The van der Waals surface area contributed by atoms with Crippen LogP contribution in [-0.2, 0) is 4.79 Å². The van der Waals surface area contributed by atoms with Crippen LogP contribution in [0.1, 0.15) is 17.4 Å². The van der Waals surface area contributed by atoms with Crippen molar-refractivity contribution in [3.05, 3.63) is 58.6 Å². The van der Waals surface area contributed by atoms with Gasteiger partial charge in [0.15, 0.2) is 5.13 Å². The van der Waals surface area contributed by atoms with Crippen LogP contribution < -0.4 is 10.6 Å². The number of aromatic nitrogens is 2. The number of anilines is 2. The highest BCUT2D eigenvalue weighted by Crippen LogP contribution is 2.30. The highest BCUT2D eigenvalue weighted by atomic mass is 35.5. The quantitative estimate of drug-likeness (QED) is 0.463. The molecule has 2 N–H and O–H groups in total. The molecule has 0 unspecified atom stereocenters. The molecule has 4 aromatic rings. The van der Waals surface area contributed by atoms with Crippen molar-refractivity contribution in [2.24, 2.45) is 0 Å². The van der Waals surface area contributed by atoms with Crippen LogP contribution in [0, 0.1) is 0 Å². The third-order valence-corrected chi connectivity index (χ3v) is 5.80. The van der Waals surface area contributed by atoms with Crippen LogP contribution in [0.25, 0.3) is 20.8 Å². The SMILES string of the molecule is CC(=O)Nc1ccc2nc(NC(=O)c3csc(-c4cccc(Cl)c4)n3)sc2c1. The van der Waals surface area contributed by atoms with Gasteiger partial charge in [-0.25, -0.2) is 9.97 Å². The van der Waals surface area contributed by atoms with Crippen molar-refractivity contribution in [1.82, 2.24) is 9.97 Å². The minimum atomic E-state index is -0.328. The van der Waals surface area contributed by atoms with E-state index in [9.17, 15) is 9.59 Å². The summed E-state index contributed by atoms with van der Waals surface area (Å²) >= 11 is 8.72. The molecule has 4 rings (SSSR count). The molecule has 0 saturated heterocycles. The maximum Gasteiger partial charge on any atom is 0.276 e. The van der Waals surface area contributed by atoms with Crippen molar-refractivity contribution in [1.29, 1.82) is 0 Å². The Morgan fingerprint density at radius 3 is 2.71 bits per heavy atom. The summed E-state index contributed by atoms with van der Waals surface area (Å²) in [4.78, 5) is 32.5. The van der Waals surface area contributed by atoms with E-state index in [1.165, 1.54) is 29.6 Å². The summed E-state index contributed by atoms with van der Waals surface area (Å²) in [6, 6.07) is 12.7. The Morgan fingerprint density at radius 2 is 1.93 bits per heavy atom. The van der Waals surface area contributed by atoms with Gasteiger partial charge in [-0.3, -0.25) is 14.9 Å². The third-order valence-electron chi connectivity index (χ3n) is 3.74. The molecule has 140 valence electrons. The molecule has 0 atom stereocenters. The number of benzene rings is 2. The Kier molecular flexibility index (Phi) is 5.08. The largest absolute Gasteiger partial charge is 0.326 e. The third kappa shape index (κ3) is 4.04. The zero-order valence-corrected chi connectivity index (χ0v) is 16.9. The van der Waals surface area contributed by atoms with Crippen LogP contribution >= 0.6 is 34.3 Å². The Labute approximate surface area is 173 Å². The van der Waals surface area contributed by atoms with Crippen molar-refractivity contribution in [2.45, 2.75) is 6.92 Å². The van der Waals surface area contributed by atoms with Crippen molar-refractivity contribution in [3.8, 4) is 10.6 Å². The summed E-state index contributed by atoms with van der Waals surface area (Å²) in [5, 5.41) is 9.02. The van der Waals surface area contributed by atoms with Crippen LogP contribution in [0.15, 0.2) is 47.8 Å². The van der Waals surface area contributed by atoms with Gasteiger partial charge in [0.2, 0.25) is 5.91 Å². The Bertz CT molecular complexity index is 1200. The molecule has 0 spiro atoms. The van der Waals surface area contributed by atoms with Gasteiger partial charge >= 0.3 is 0 Å². The molecule has 2 aromatic heterocycles. The predicted octanol–water partition coefficient (Wildman–Crippen LogP) is 5.28. The van der Waals surface area contributed by atoms with Gasteiger partial charge < -0.3 is 5.32 Å². The first-order valence-corrected chi connectivity index (χ1v) is 10.3. The molecule has 0 aliphatic heterocycles. The van der Waals surface area contributed by atoms with Crippen molar-refractivity contribution in [2.75, 3.05) is 10.6 Å². The molecule has 0 fully saturated rings. The van der Waals surface area contributed by atoms with E-state index in [4.69, 9.17) is 11.6 Å². The molecule has 6 nitrogen and oxygen atoms in total. The summed E-state index contributed by atoms with van der Waals surface area (Å²) in [6.45, 7) is 1.45. The van der Waals surface area contributed by atoms with E-state index in [1.54, 1.807) is 23.6 Å². The number of thiazole rings is 2. The first-order valence-electron chi connectivity index (χ1n) is 8.19. The van der Waals surface area contributed by atoms with Crippen molar-refractivity contribution in [3.63, 3.8) is 0 Å². The molecule has 0 saturated carbocycles. The lowest BCUT2D eigenvalue weighted by atomic mass is 10.2. The van der Waals surface area contributed by atoms with Crippen molar-refractivity contribution >= 4 is 67.1 Å². The first kappa shape index (κ1) is 18.5. The first-order chi connectivity index (χ1) is 13.5. The Balaban J connectivity index is 1.53. The predicted molar refractivity (Wildman–Crippen MR) is 114 cm³/mol. The number of hydrogen-bond donors (Lipinski definition) is 2. The lowest BCUT2D eigenvalue weighted by Crippen LogP contribution is -2.11. The number of rotatable bonds is 4. The molecule has 0 bridgehead atoms. The zero-order valence-electron chi connectivity index (χ0n) is 14.5. The summed E-state index contributed by atoms with van der Waals surface area (Å²) in [5.74, 6) is -0.470. The monoisotopic (exact) mass is 428 g/mol. The van der Waals surface area contributed by atoms with E-state index in [0.29, 0.717) is 21.5 Å². The number of carbonyl (C=O) groups is 2. The number of amides is 2. The van der Waals surface area contributed by atoms with Crippen LogP contribution in [0.4, 0.5) is 10.8 Å². The minimum Gasteiger partial charge on any atom is -0.326 e. The Hall–Kier alpha value is -2.81. The molecule has 28 heavy (non-hydrogen) atoms. The standard InChI is InChI=1S/C19H13ClN4O2S2/c1-10(25)21-13-5-6-14-16(8-13)28-19(23-14)24-17(26)15-9-27-18(22-15)11-3-2-4-12(20)7-11/h2-9H,1H3,(H,21,25)(H,23,24,26). The average molecular weight is 429 g/mol. The van der Waals surface area contributed by atoms with Crippen molar-refractivity contribution < 1.29 is 9.59 Å². The fourth-order valence-electron chi connectivity index (χ4n) is 2.55. The number of nitrogens with zero attached hydrogens (tertiary/aromatic N) is 2. The van der Waals surface area contributed by atoms with Gasteiger partial charge in [-0.05, 0) is 30.3 Å². The number of carbonyl (C=O) groups excluding carboxylic acids is 2. The molecule has 0 aliphatic carbocycles. The number of nitrogens with one attached hydrogen (secondary N) is 2. The van der Waals surface area contributed by atoms with E-state index in [-0.39, 0.29) is 11.8 Å². The molecule has 2 heterocycles. The van der Waals surface area contributed by atoms with Gasteiger partial charge in [-0.1, -0.05) is 35.1 Å². The summed E-state index contributed by atoms with van der Waals surface area (Å²) in [6.07, 6.45) is 0. The smallest absolute Gasteiger partial charge is 0.276 e. The minimum absolute atomic E-state index is 0.142. The summed E-state index contributed by atoms with van der Waals surface area (Å²) in [5.41, 5.74) is 2.61. The molecular weight excluding hydrogens is 416 g/mol. The maximum absolute atomic E-state index is 12.5. The van der Waals surface area contributed by atoms with E-state index < -0.39 is 0 Å². The molecular formula is C19H13ClN4O2S2. The molecule has 0 aliphatic rings. The van der Waals surface area contributed by atoms with Gasteiger partial charge in [0.05, 0.1) is 10.2 Å². The van der Waals surface area contributed by atoms with Crippen LogP contribution in [-0.4, -0.2) is 21.8 Å². The highest BCUT2D eigenvalue weighted by Gasteiger charge is 2.15. The molecule has 9 heteroatoms. The molecule has 2 amide bonds. The lowest BCUT2D eigenvalue weighted by molar-refractivity contribution is -0.114. The number of halogens is 1. The van der Waals surface area contributed by atoms with E-state index in [1.807, 2.05) is 24.3 Å². The normalized spacial score (nSPS) is 10.8. The van der Waals surface area contributed by atoms with Gasteiger partial charge in [0.1, 0.15) is 10.7 Å². The summed E-state index contributed by atoms with van der Waals surface area (Å²) in [7, 11) is 0. The van der Waals surface area contributed by atoms with Crippen LogP contribution in [0.3, 0.4) is 0 Å². The lowest BCUT2D eigenvalue weighted by Gasteiger charge is -1.99. The van der Waals surface area contributed by atoms with E-state index in [2.05, 4.69) is 20.6 Å². The van der Waals surface area contributed by atoms with Crippen LogP contribution in [0.2, 0.25) is 5.02 Å². The van der Waals surface area contributed by atoms with E-state index in [0.717, 1.165) is 20.8 Å². The second-order valence-electron chi connectivity index (χ2n) is 5.89. The number of hydrogen-bond acceptors (Lipinski definition) is 6. The number of fused-ring (bicyclic) bond motifs is 1. The van der Waals surface area contributed by atoms with E-state index >= 15 is 0 Å². The zero-order chi connectivity index (χ0) is 19.7.